The molecule has 0 unspecified atom stereocenters. The number of rotatable bonds is 5. The van der Waals surface area contributed by atoms with Crippen molar-refractivity contribution in [3.05, 3.63) is 39.9 Å². The number of nitro benzene ring substituents is 1. The van der Waals surface area contributed by atoms with Crippen LogP contribution in [0.1, 0.15) is 5.56 Å². The fraction of sp³-hybridized carbons (Fsp3) is 0.300. The zero-order valence-electron chi connectivity index (χ0n) is 8.55. The number of amides is 1. The molecule has 5 nitrogen and oxygen atoms in total. The Labute approximate surface area is 98.4 Å². The van der Waals surface area contributed by atoms with Crippen molar-refractivity contribution < 1.29 is 9.72 Å². The van der Waals surface area contributed by atoms with Crippen molar-refractivity contribution >= 4 is 24.2 Å². The van der Waals surface area contributed by atoms with Gasteiger partial charge in [-0.3, -0.25) is 14.9 Å². The van der Waals surface area contributed by atoms with Crippen LogP contribution in [-0.2, 0) is 11.2 Å². The number of carbonyl (C=O) groups excluding carboxylic acids is 1. The maximum atomic E-state index is 10.9. The van der Waals surface area contributed by atoms with Crippen molar-refractivity contribution in [2.75, 3.05) is 12.3 Å². The molecule has 0 saturated heterocycles. The Kier molecular flexibility index (Phi) is 4.78. The minimum atomic E-state index is -0.438. The molecule has 86 valence electrons. The predicted molar refractivity (Wildman–Crippen MR) is 63.7 cm³/mol. The first-order chi connectivity index (χ1) is 7.63. The van der Waals surface area contributed by atoms with Crippen molar-refractivity contribution in [1.29, 1.82) is 0 Å². The quantitative estimate of drug-likeness (QED) is 0.461. The van der Waals surface area contributed by atoms with Gasteiger partial charge in [-0.1, -0.05) is 12.1 Å². The van der Waals surface area contributed by atoms with E-state index in [0.29, 0.717) is 13.0 Å². The Hall–Kier alpha value is -1.56. The number of hydrogen-bond donors (Lipinski definition) is 2. The van der Waals surface area contributed by atoms with Crippen LogP contribution in [0.25, 0.3) is 0 Å². The highest BCUT2D eigenvalue weighted by Gasteiger charge is 2.03. The Balaban J connectivity index is 2.43. The highest BCUT2D eigenvalue weighted by atomic mass is 32.1. The summed E-state index contributed by atoms with van der Waals surface area (Å²) in [5.74, 6) is 0.0468. The lowest BCUT2D eigenvalue weighted by Crippen LogP contribution is -2.26. The van der Waals surface area contributed by atoms with Gasteiger partial charge in [-0.25, -0.2) is 0 Å². The predicted octanol–water partition coefficient (Wildman–Crippen LogP) is 1.18. The normalized spacial score (nSPS) is 9.81. The first-order valence-electron chi connectivity index (χ1n) is 4.74. The second-order valence-corrected chi connectivity index (χ2v) is 3.50. The summed E-state index contributed by atoms with van der Waals surface area (Å²) in [5, 5.41) is 13.1. The summed E-state index contributed by atoms with van der Waals surface area (Å²) >= 11 is 3.82. The molecule has 0 aliphatic rings. The van der Waals surface area contributed by atoms with E-state index >= 15 is 0 Å². The third kappa shape index (κ3) is 3.90. The third-order valence-electron chi connectivity index (χ3n) is 2.03. The van der Waals surface area contributed by atoms with Crippen molar-refractivity contribution in [2.45, 2.75) is 6.42 Å². The van der Waals surface area contributed by atoms with Crippen molar-refractivity contribution in [3.63, 3.8) is 0 Å². The highest BCUT2D eigenvalue weighted by molar-refractivity contribution is 7.81. The molecular weight excluding hydrogens is 228 g/mol. The van der Waals surface area contributed by atoms with E-state index in [2.05, 4.69) is 17.9 Å². The smallest absolute Gasteiger partial charge is 0.269 e. The second kappa shape index (κ2) is 6.12. The molecule has 1 aromatic carbocycles. The molecule has 1 aromatic rings. The van der Waals surface area contributed by atoms with Crippen molar-refractivity contribution in [1.82, 2.24) is 5.32 Å². The largest absolute Gasteiger partial charge is 0.355 e. The van der Waals surface area contributed by atoms with E-state index in [-0.39, 0.29) is 17.3 Å². The van der Waals surface area contributed by atoms with Crippen LogP contribution in [0.3, 0.4) is 0 Å². The summed E-state index contributed by atoms with van der Waals surface area (Å²) in [6.45, 7) is 0.511. The Bertz CT molecular complexity index is 378. The third-order valence-corrected chi connectivity index (χ3v) is 2.31. The molecule has 0 bridgehead atoms. The molecule has 0 radical (unpaired) electrons. The van der Waals surface area contributed by atoms with E-state index in [1.165, 1.54) is 12.1 Å². The molecule has 1 rings (SSSR count). The van der Waals surface area contributed by atoms with Crippen LogP contribution in [0.4, 0.5) is 5.69 Å². The van der Waals surface area contributed by atoms with Crippen molar-refractivity contribution in [3.8, 4) is 0 Å². The maximum Gasteiger partial charge on any atom is 0.269 e. The average molecular weight is 240 g/mol. The number of nitro groups is 1. The summed E-state index contributed by atoms with van der Waals surface area (Å²) in [6, 6.07) is 6.28. The second-order valence-electron chi connectivity index (χ2n) is 3.18. The van der Waals surface area contributed by atoms with E-state index in [4.69, 9.17) is 0 Å². The van der Waals surface area contributed by atoms with Crippen LogP contribution in [0.2, 0.25) is 0 Å². The van der Waals surface area contributed by atoms with Crippen LogP contribution in [0, 0.1) is 10.1 Å². The summed E-state index contributed by atoms with van der Waals surface area (Å²) in [5.41, 5.74) is 1.02. The molecule has 16 heavy (non-hydrogen) atoms. The summed E-state index contributed by atoms with van der Waals surface area (Å²) in [4.78, 5) is 20.8. The molecule has 0 heterocycles. The number of nitrogens with zero attached hydrogens (tertiary/aromatic N) is 1. The van der Waals surface area contributed by atoms with Crippen LogP contribution in [-0.4, -0.2) is 23.1 Å². The number of non-ortho nitro benzene ring substituents is 1. The van der Waals surface area contributed by atoms with Gasteiger partial charge in [0, 0.05) is 18.7 Å². The topological polar surface area (TPSA) is 72.2 Å². The number of benzene rings is 1. The summed E-state index contributed by atoms with van der Waals surface area (Å²) < 4.78 is 0. The summed E-state index contributed by atoms with van der Waals surface area (Å²) in [7, 11) is 0. The molecule has 0 fully saturated rings. The van der Waals surface area contributed by atoms with Gasteiger partial charge >= 0.3 is 0 Å². The molecule has 0 aromatic heterocycles. The Morgan fingerprint density at radius 3 is 2.50 bits per heavy atom. The van der Waals surface area contributed by atoms with Gasteiger partial charge in [0.2, 0.25) is 5.91 Å². The average Bonchev–Trinajstić information content (AvgIpc) is 2.29. The fourth-order valence-electron chi connectivity index (χ4n) is 1.19. The SMILES string of the molecule is O=C(CS)NCCc1ccc([N+](=O)[O-])cc1. The van der Waals surface area contributed by atoms with Gasteiger partial charge < -0.3 is 5.32 Å². The lowest BCUT2D eigenvalue weighted by molar-refractivity contribution is -0.384. The number of thiol groups is 1. The molecule has 0 aliphatic heterocycles. The first kappa shape index (κ1) is 12.5. The van der Waals surface area contributed by atoms with E-state index in [9.17, 15) is 14.9 Å². The molecule has 6 heteroatoms. The molecule has 0 aliphatic carbocycles. The number of nitrogens with one attached hydrogen (secondary N) is 1. The van der Waals surface area contributed by atoms with Gasteiger partial charge in [0.05, 0.1) is 10.7 Å². The molecule has 0 saturated carbocycles. The van der Waals surface area contributed by atoms with E-state index in [0.717, 1.165) is 5.56 Å². The molecular formula is C10H12N2O3S. The van der Waals surface area contributed by atoms with Crippen LogP contribution in [0.15, 0.2) is 24.3 Å². The standard InChI is InChI=1S/C10H12N2O3S/c13-10(7-16)11-6-5-8-1-3-9(4-2-8)12(14)15/h1-4,16H,5-7H2,(H,11,13). The van der Waals surface area contributed by atoms with Gasteiger partial charge in [-0.15, -0.1) is 0 Å². The summed E-state index contributed by atoms with van der Waals surface area (Å²) in [6.07, 6.45) is 0.650. The van der Waals surface area contributed by atoms with Crippen molar-refractivity contribution in [2.24, 2.45) is 0 Å². The minimum absolute atomic E-state index is 0.0724. The first-order valence-corrected chi connectivity index (χ1v) is 5.37. The molecule has 1 N–H and O–H groups in total. The van der Waals surface area contributed by atoms with Gasteiger partial charge in [0.15, 0.2) is 0 Å². The lowest BCUT2D eigenvalue weighted by atomic mass is 10.1. The molecule has 1 amide bonds. The zero-order chi connectivity index (χ0) is 12.0. The van der Waals surface area contributed by atoms with Gasteiger partial charge in [0.1, 0.15) is 0 Å². The van der Waals surface area contributed by atoms with E-state index in [1.807, 2.05) is 0 Å². The van der Waals surface area contributed by atoms with Crippen LogP contribution < -0.4 is 5.32 Å². The monoisotopic (exact) mass is 240 g/mol. The lowest BCUT2D eigenvalue weighted by Gasteiger charge is -2.03. The minimum Gasteiger partial charge on any atom is -0.355 e. The van der Waals surface area contributed by atoms with Gasteiger partial charge in [-0.05, 0) is 12.0 Å². The Morgan fingerprint density at radius 2 is 2.00 bits per heavy atom. The van der Waals surface area contributed by atoms with Gasteiger partial charge in [0.25, 0.3) is 5.69 Å². The molecule has 0 atom stereocenters. The Morgan fingerprint density at radius 1 is 1.38 bits per heavy atom. The van der Waals surface area contributed by atoms with E-state index < -0.39 is 4.92 Å². The van der Waals surface area contributed by atoms with Gasteiger partial charge in [-0.2, -0.15) is 12.6 Å². The van der Waals surface area contributed by atoms with Crippen LogP contribution >= 0.6 is 12.6 Å². The number of carbonyl (C=O) groups is 1. The van der Waals surface area contributed by atoms with Crippen LogP contribution in [0.5, 0.6) is 0 Å². The van der Waals surface area contributed by atoms with E-state index in [1.54, 1.807) is 12.1 Å². The fourth-order valence-corrected chi connectivity index (χ4v) is 1.30. The highest BCUT2D eigenvalue weighted by Crippen LogP contribution is 2.11. The zero-order valence-corrected chi connectivity index (χ0v) is 9.44. The molecule has 0 spiro atoms. The maximum absolute atomic E-state index is 10.9. The number of hydrogen-bond acceptors (Lipinski definition) is 4.